The van der Waals surface area contributed by atoms with Crippen LogP contribution in [0.4, 0.5) is 0 Å². The molecule has 4 heteroatoms. The van der Waals surface area contributed by atoms with Gasteiger partial charge in [-0.25, -0.2) is 9.34 Å². The molecule has 0 radical (unpaired) electrons. The lowest BCUT2D eigenvalue weighted by Crippen LogP contribution is -2.35. The molecule has 1 aliphatic rings. The van der Waals surface area contributed by atoms with E-state index in [4.69, 9.17) is 4.52 Å². The summed E-state index contributed by atoms with van der Waals surface area (Å²) in [5.74, 6) is 0. The van der Waals surface area contributed by atoms with Crippen LogP contribution in [0.1, 0.15) is 34.6 Å². The standard InChI is InChI=1S/C10H23N2OP/c1-6-11(7-2)14-12(9(3)4)10(5)8-13-14/h9-10H,6-8H2,1-5H3/t10-,14+/m0/s1. The van der Waals surface area contributed by atoms with Crippen LogP contribution in [0.2, 0.25) is 0 Å². The van der Waals surface area contributed by atoms with Gasteiger partial charge in [-0.3, -0.25) is 0 Å². The molecule has 0 aromatic heterocycles. The van der Waals surface area contributed by atoms with E-state index in [0.717, 1.165) is 19.7 Å². The van der Waals surface area contributed by atoms with E-state index in [1.165, 1.54) is 0 Å². The van der Waals surface area contributed by atoms with Gasteiger partial charge in [0.15, 0.2) is 8.45 Å². The molecule has 84 valence electrons. The van der Waals surface area contributed by atoms with E-state index in [0.29, 0.717) is 12.1 Å². The second-order valence-electron chi connectivity index (χ2n) is 4.01. The molecule has 0 aromatic carbocycles. The van der Waals surface area contributed by atoms with E-state index in [2.05, 4.69) is 44.0 Å². The Bertz CT molecular complexity index is 174. The van der Waals surface area contributed by atoms with Gasteiger partial charge in [-0.1, -0.05) is 13.8 Å². The third-order valence-electron chi connectivity index (χ3n) is 2.58. The molecule has 3 nitrogen and oxygen atoms in total. The van der Waals surface area contributed by atoms with Crippen LogP contribution in [-0.4, -0.2) is 41.1 Å². The van der Waals surface area contributed by atoms with Crippen molar-refractivity contribution >= 4 is 8.45 Å². The van der Waals surface area contributed by atoms with Crippen molar-refractivity contribution in [2.45, 2.75) is 46.7 Å². The fourth-order valence-corrected chi connectivity index (χ4v) is 4.11. The molecule has 0 saturated carbocycles. The van der Waals surface area contributed by atoms with Crippen LogP contribution in [0.25, 0.3) is 0 Å². The van der Waals surface area contributed by atoms with Gasteiger partial charge in [0, 0.05) is 25.2 Å². The van der Waals surface area contributed by atoms with Crippen LogP contribution in [0.5, 0.6) is 0 Å². The summed E-state index contributed by atoms with van der Waals surface area (Å²) in [6.45, 7) is 14.2. The molecule has 0 aliphatic carbocycles. The average Bonchev–Trinajstić information content (AvgIpc) is 2.50. The molecule has 0 aromatic rings. The first kappa shape index (κ1) is 12.4. The third kappa shape index (κ3) is 2.46. The lowest BCUT2D eigenvalue weighted by molar-refractivity contribution is 0.299. The Kier molecular flexibility index (Phi) is 4.78. The highest BCUT2D eigenvalue weighted by molar-refractivity contribution is 7.47. The maximum absolute atomic E-state index is 5.90. The predicted octanol–water partition coefficient (Wildman–Crippen LogP) is 2.68. The second-order valence-corrected chi connectivity index (χ2v) is 5.80. The van der Waals surface area contributed by atoms with E-state index >= 15 is 0 Å². The van der Waals surface area contributed by atoms with E-state index in [-0.39, 0.29) is 0 Å². The fraction of sp³-hybridized carbons (Fsp3) is 1.00. The Hall–Kier alpha value is 0.310. The average molecular weight is 218 g/mol. The van der Waals surface area contributed by atoms with Crippen molar-refractivity contribution < 1.29 is 4.52 Å². The molecule has 1 fully saturated rings. The predicted molar refractivity (Wildman–Crippen MR) is 62.2 cm³/mol. The third-order valence-corrected chi connectivity index (χ3v) is 5.26. The Balaban J connectivity index is 2.67. The number of hydrogen-bond acceptors (Lipinski definition) is 3. The first-order valence-corrected chi connectivity index (χ1v) is 6.74. The van der Waals surface area contributed by atoms with E-state index < -0.39 is 8.45 Å². The first-order chi connectivity index (χ1) is 6.61. The van der Waals surface area contributed by atoms with Crippen LogP contribution >= 0.6 is 8.45 Å². The van der Waals surface area contributed by atoms with Gasteiger partial charge in [0.05, 0.1) is 6.61 Å². The Morgan fingerprint density at radius 1 is 1.43 bits per heavy atom. The van der Waals surface area contributed by atoms with Gasteiger partial charge in [-0.15, -0.1) is 0 Å². The highest BCUT2D eigenvalue weighted by Gasteiger charge is 2.37. The SMILES string of the molecule is CCN(CC)[P@@]1OC[C@H](C)N1C(C)C. The smallest absolute Gasteiger partial charge is 0.188 e. The minimum absolute atomic E-state index is 0.484. The summed E-state index contributed by atoms with van der Waals surface area (Å²) >= 11 is 0. The summed E-state index contributed by atoms with van der Waals surface area (Å²) in [4.78, 5) is 0. The molecule has 0 N–H and O–H groups in total. The Labute approximate surface area is 89.3 Å². The number of hydrogen-bond donors (Lipinski definition) is 0. The molecule has 0 bridgehead atoms. The molecule has 1 aliphatic heterocycles. The van der Waals surface area contributed by atoms with Crippen molar-refractivity contribution in [3.63, 3.8) is 0 Å². The topological polar surface area (TPSA) is 15.7 Å². The van der Waals surface area contributed by atoms with Crippen LogP contribution in [0.15, 0.2) is 0 Å². The molecule has 1 rings (SSSR count). The quantitative estimate of drug-likeness (QED) is 0.675. The highest BCUT2D eigenvalue weighted by atomic mass is 31.2. The van der Waals surface area contributed by atoms with Gasteiger partial charge in [0.25, 0.3) is 0 Å². The monoisotopic (exact) mass is 218 g/mol. The van der Waals surface area contributed by atoms with Crippen molar-refractivity contribution in [2.24, 2.45) is 0 Å². The van der Waals surface area contributed by atoms with Gasteiger partial charge in [0.2, 0.25) is 0 Å². The van der Waals surface area contributed by atoms with Crippen molar-refractivity contribution in [3.8, 4) is 0 Å². The zero-order valence-corrected chi connectivity index (χ0v) is 10.9. The normalized spacial score (nSPS) is 29.4. The van der Waals surface area contributed by atoms with E-state index in [9.17, 15) is 0 Å². The molecular weight excluding hydrogens is 195 g/mol. The maximum Gasteiger partial charge on any atom is 0.188 e. The van der Waals surface area contributed by atoms with Gasteiger partial charge < -0.3 is 4.52 Å². The van der Waals surface area contributed by atoms with Crippen LogP contribution in [0.3, 0.4) is 0 Å². The summed E-state index contributed by atoms with van der Waals surface area (Å²) < 4.78 is 10.8. The zero-order chi connectivity index (χ0) is 10.7. The maximum atomic E-state index is 5.90. The summed E-state index contributed by atoms with van der Waals surface area (Å²) in [6.07, 6.45) is 0. The lowest BCUT2D eigenvalue weighted by Gasteiger charge is -2.34. The molecule has 1 heterocycles. The minimum Gasteiger partial charge on any atom is -0.330 e. The highest BCUT2D eigenvalue weighted by Crippen LogP contribution is 2.52. The fourth-order valence-electron chi connectivity index (χ4n) is 1.89. The molecule has 0 unspecified atom stereocenters. The molecule has 14 heavy (non-hydrogen) atoms. The van der Waals surface area contributed by atoms with Crippen LogP contribution in [0, 0.1) is 0 Å². The van der Waals surface area contributed by atoms with Gasteiger partial charge >= 0.3 is 0 Å². The van der Waals surface area contributed by atoms with E-state index in [1.807, 2.05) is 0 Å². The molecule has 0 amide bonds. The zero-order valence-electron chi connectivity index (χ0n) is 10.0. The Morgan fingerprint density at radius 3 is 2.43 bits per heavy atom. The van der Waals surface area contributed by atoms with Gasteiger partial charge in [0.1, 0.15) is 0 Å². The molecule has 0 spiro atoms. The number of rotatable bonds is 4. The van der Waals surface area contributed by atoms with Gasteiger partial charge in [-0.05, 0) is 20.8 Å². The van der Waals surface area contributed by atoms with Crippen molar-refractivity contribution in [2.75, 3.05) is 19.7 Å². The summed E-state index contributed by atoms with van der Waals surface area (Å²) in [5, 5.41) is 0. The minimum atomic E-state index is -0.484. The van der Waals surface area contributed by atoms with Gasteiger partial charge in [-0.2, -0.15) is 0 Å². The van der Waals surface area contributed by atoms with Crippen molar-refractivity contribution in [1.29, 1.82) is 0 Å². The first-order valence-electron chi connectivity index (χ1n) is 5.57. The molecule has 2 atom stereocenters. The summed E-state index contributed by atoms with van der Waals surface area (Å²) in [7, 11) is -0.484. The largest absolute Gasteiger partial charge is 0.330 e. The van der Waals surface area contributed by atoms with E-state index in [1.54, 1.807) is 0 Å². The molecule has 1 saturated heterocycles. The van der Waals surface area contributed by atoms with Crippen molar-refractivity contribution in [3.05, 3.63) is 0 Å². The van der Waals surface area contributed by atoms with Crippen LogP contribution < -0.4 is 0 Å². The number of nitrogens with zero attached hydrogens (tertiary/aromatic N) is 2. The summed E-state index contributed by atoms with van der Waals surface area (Å²) in [5.41, 5.74) is 0. The second kappa shape index (κ2) is 5.41. The Morgan fingerprint density at radius 2 is 2.00 bits per heavy atom. The lowest BCUT2D eigenvalue weighted by atomic mass is 10.3. The molecular formula is C10H23N2OP. The van der Waals surface area contributed by atoms with Crippen LogP contribution in [-0.2, 0) is 4.52 Å². The summed E-state index contributed by atoms with van der Waals surface area (Å²) in [6, 6.07) is 1.15. The van der Waals surface area contributed by atoms with Crippen molar-refractivity contribution in [1.82, 2.24) is 9.34 Å².